The van der Waals surface area contributed by atoms with Gasteiger partial charge < -0.3 is 5.11 Å². The van der Waals surface area contributed by atoms with Crippen LogP contribution >= 0.6 is 22.6 Å². The van der Waals surface area contributed by atoms with Gasteiger partial charge in [-0.1, -0.05) is 79.3 Å². The van der Waals surface area contributed by atoms with Gasteiger partial charge >= 0.3 is 0 Å². The maximum Gasteiger partial charge on any atom is 0.0791 e. The number of alkyl halides is 1. The van der Waals surface area contributed by atoms with E-state index < -0.39 is 0 Å². The van der Waals surface area contributed by atoms with Crippen LogP contribution in [-0.4, -0.2) is 15.1 Å². The van der Waals surface area contributed by atoms with Crippen LogP contribution in [0.4, 0.5) is 0 Å². The number of allylic oxidation sites excluding steroid dienone is 3. The topological polar surface area (TPSA) is 20.2 Å². The molecule has 1 nitrogen and oxygen atoms in total. The summed E-state index contributed by atoms with van der Waals surface area (Å²) in [5.41, 5.74) is 3.33. The van der Waals surface area contributed by atoms with Crippen molar-refractivity contribution in [3.8, 4) is 0 Å². The molecule has 0 aromatic rings. The van der Waals surface area contributed by atoms with Crippen LogP contribution in [0.2, 0.25) is 0 Å². The number of hydrogen-bond donors (Lipinski definition) is 1. The van der Waals surface area contributed by atoms with Crippen LogP contribution in [-0.2, 0) is 0 Å². The smallest absolute Gasteiger partial charge is 0.0791 e. The molecule has 4 aliphatic rings. The van der Waals surface area contributed by atoms with E-state index in [1.807, 2.05) is 0 Å². The zero-order valence-corrected chi connectivity index (χ0v) is 20.9. The van der Waals surface area contributed by atoms with Crippen LogP contribution in [0.15, 0.2) is 36.0 Å². The van der Waals surface area contributed by atoms with Gasteiger partial charge in [-0.2, -0.15) is 0 Å². The first kappa shape index (κ1) is 22.1. The largest absolute Gasteiger partial charge is 0.388 e. The molecular formula is C27H41IO. The van der Waals surface area contributed by atoms with E-state index in [1.165, 1.54) is 63.4 Å². The lowest BCUT2D eigenvalue weighted by atomic mass is 9.62. The zero-order chi connectivity index (χ0) is 20.8. The van der Waals surface area contributed by atoms with Crippen molar-refractivity contribution in [1.82, 2.24) is 0 Å². The lowest BCUT2D eigenvalue weighted by Gasteiger charge is -2.43. The summed E-state index contributed by atoms with van der Waals surface area (Å²) in [5.74, 6) is 4.13. The molecular weight excluding hydrogens is 467 g/mol. The molecule has 162 valence electrons. The van der Waals surface area contributed by atoms with Crippen molar-refractivity contribution in [2.45, 2.75) is 88.6 Å². The van der Waals surface area contributed by atoms with Gasteiger partial charge in [-0.25, -0.2) is 0 Å². The third-order valence-corrected chi connectivity index (χ3v) is 10.2. The number of fused-ring (bicyclic) bond motifs is 2. The Morgan fingerprint density at radius 1 is 1.24 bits per heavy atom. The van der Waals surface area contributed by atoms with E-state index in [1.54, 1.807) is 5.57 Å². The fourth-order valence-electron chi connectivity index (χ4n) is 7.04. The molecule has 29 heavy (non-hydrogen) atoms. The highest BCUT2D eigenvalue weighted by Crippen LogP contribution is 2.60. The van der Waals surface area contributed by atoms with Gasteiger partial charge in [0.15, 0.2) is 0 Å². The van der Waals surface area contributed by atoms with Gasteiger partial charge in [0.25, 0.3) is 0 Å². The molecule has 0 aliphatic heterocycles. The molecule has 4 aliphatic carbocycles. The second-order valence-corrected chi connectivity index (χ2v) is 12.7. The Kier molecular flexibility index (Phi) is 6.72. The molecule has 0 saturated heterocycles. The van der Waals surface area contributed by atoms with E-state index in [4.69, 9.17) is 0 Å². The SMILES string of the molecule is C=C1C(I)CC2CC2C1[C@H](O)/C=C1\CCCC2(C)C(C/C=C/CC(C)C)CCC12. The Labute approximate surface area is 192 Å². The number of aliphatic hydroxyl groups is 1. The van der Waals surface area contributed by atoms with Gasteiger partial charge in [0, 0.05) is 9.84 Å². The summed E-state index contributed by atoms with van der Waals surface area (Å²) in [6, 6.07) is 0. The molecule has 0 amide bonds. The van der Waals surface area contributed by atoms with Gasteiger partial charge in [-0.3, -0.25) is 0 Å². The molecule has 0 spiro atoms. The minimum atomic E-state index is -0.308. The summed E-state index contributed by atoms with van der Waals surface area (Å²) in [6.45, 7) is 11.6. The van der Waals surface area contributed by atoms with Crippen molar-refractivity contribution in [3.05, 3.63) is 36.0 Å². The Bertz CT molecular complexity index is 676. The van der Waals surface area contributed by atoms with Crippen LogP contribution in [0.3, 0.4) is 0 Å². The van der Waals surface area contributed by atoms with E-state index >= 15 is 0 Å². The lowest BCUT2D eigenvalue weighted by Crippen LogP contribution is -2.35. The first-order valence-corrected chi connectivity index (χ1v) is 13.4. The second-order valence-electron chi connectivity index (χ2n) is 11.2. The molecule has 4 fully saturated rings. The van der Waals surface area contributed by atoms with Crippen molar-refractivity contribution in [2.75, 3.05) is 0 Å². The zero-order valence-electron chi connectivity index (χ0n) is 18.7. The van der Waals surface area contributed by atoms with Crippen LogP contribution in [0.5, 0.6) is 0 Å². The average molecular weight is 509 g/mol. The van der Waals surface area contributed by atoms with Crippen LogP contribution in [0.1, 0.15) is 78.6 Å². The Morgan fingerprint density at radius 2 is 2.03 bits per heavy atom. The molecule has 4 rings (SSSR count). The van der Waals surface area contributed by atoms with Crippen LogP contribution in [0.25, 0.3) is 0 Å². The van der Waals surface area contributed by atoms with Gasteiger partial charge in [-0.15, -0.1) is 0 Å². The van der Waals surface area contributed by atoms with Crippen molar-refractivity contribution in [3.63, 3.8) is 0 Å². The predicted molar refractivity (Wildman–Crippen MR) is 132 cm³/mol. The van der Waals surface area contributed by atoms with E-state index in [2.05, 4.69) is 68.2 Å². The molecule has 0 heterocycles. The normalized spacial score (nSPS) is 44.3. The van der Waals surface area contributed by atoms with E-state index in [9.17, 15) is 5.11 Å². The van der Waals surface area contributed by atoms with Crippen molar-refractivity contribution < 1.29 is 5.11 Å². The monoisotopic (exact) mass is 508 g/mol. The highest BCUT2D eigenvalue weighted by atomic mass is 127. The highest BCUT2D eigenvalue weighted by molar-refractivity contribution is 14.1. The Morgan fingerprint density at radius 3 is 2.79 bits per heavy atom. The summed E-state index contributed by atoms with van der Waals surface area (Å²) in [5, 5.41) is 11.3. The number of rotatable bonds is 6. The molecule has 2 heteroatoms. The van der Waals surface area contributed by atoms with Crippen molar-refractivity contribution >= 4 is 22.6 Å². The summed E-state index contributed by atoms with van der Waals surface area (Å²) in [6.07, 6.45) is 18.5. The lowest BCUT2D eigenvalue weighted by molar-refractivity contribution is 0.125. The standard InChI is InChI=1S/C27H41IO/c1-17(2)8-5-6-10-21-11-12-23-19(9-7-13-27(21,23)4)16-25(29)26-18(3)24(28)15-20-14-22(20)26/h5-6,16-17,20-26,29H,3,7-15H2,1-2,4H3/b6-5+,19-16+/t20?,21?,22?,23?,24?,25-,26?,27?/m1/s1. The molecule has 7 unspecified atom stereocenters. The molecule has 0 radical (unpaired) electrons. The number of hydrogen-bond acceptors (Lipinski definition) is 1. The van der Waals surface area contributed by atoms with Gasteiger partial charge in [0.05, 0.1) is 6.10 Å². The Balaban J connectivity index is 1.45. The Hall–Kier alpha value is -0.0900. The fourth-order valence-corrected chi connectivity index (χ4v) is 8.11. The fraction of sp³-hybridized carbons (Fsp3) is 0.778. The maximum atomic E-state index is 11.3. The third-order valence-electron chi connectivity index (χ3n) is 8.89. The van der Waals surface area contributed by atoms with Gasteiger partial charge in [-0.05, 0) is 92.8 Å². The van der Waals surface area contributed by atoms with Gasteiger partial charge in [0.2, 0.25) is 0 Å². The third kappa shape index (κ3) is 4.45. The van der Waals surface area contributed by atoms with E-state index in [0.717, 1.165) is 17.8 Å². The molecule has 1 N–H and O–H groups in total. The maximum absolute atomic E-state index is 11.3. The molecule has 0 aromatic heterocycles. The summed E-state index contributed by atoms with van der Waals surface area (Å²) in [4.78, 5) is 0. The summed E-state index contributed by atoms with van der Waals surface area (Å²) in [7, 11) is 0. The molecule has 4 saturated carbocycles. The molecule has 8 atom stereocenters. The quantitative estimate of drug-likeness (QED) is 0.224. The molecule has 0 bridgehead atoms. The molecule has 0 aromatic carbocycles. The summed E-state index contributed by atoms with van der Waals surface area (Å²) >= 11 is 2.56. The number of halogens is 1. The minimum Gasteiger partial charge on any atom is -0.388 e. The highest BCUT2D eigenvalue weighted by Gasteiger charge is 2.52. The van der Waals surface area contributed by atoms with Crippen LogP contribution < -0.4 is 0 Å². The first-order valence-electron chi connectivity index (χ1n) is 12.2. The summed E-state index contributed by atoms with van der Waals surface area (Å²) < 4.78 is 0.555. The average Bonchev–Trinajstić information content (AvgIpc) is 3.32. The van der Waals surface area contributed by atoms with Gasteiger partial charge in [0.1, 0.15) is 0 Å². The van der Waals surface area contributed by atoms with E-state index in [0.29, 0.717) is 27.1 Å². The number of aliphatic hydroxyl groups excluding tert-OH is 1. The first-order chi connectivity index (χ1) is 13.8. The van der Waals surface area contributed by atoms with Crippen molar-refractivity contribution in [1.29, 1.82) is 0 Å². The van der Waals surface area contributed by atoms with Crippen LogP contribution in [0, 0.1) is 40.9 Å². The van der Waals surface area contributed by atoms with Crippen molar-refractivity contribution in [2.24, 2.45) is 40.9 Å². The van der Waals surface area contributed by atoms with E-state index in [-0.39, 0.29) is 6.10 Å². The predicted octanol–water partition coefficient (Wildman–Crippen LogP) is 7.50. The minimum absolute atomic E-state index is 0.308. The second kappa shape index (κ2) is 8.81.